The Bertz CT molecular complexity index is 344. The van der Waals surface area contributed by atoms with Crippen LogP contribution in [0.1, 0.15) is 24.3 Å². The van der Waals surface area contributed by atoms with Gasteiger partial charge in [0.2, 0.25) is 0 Å². The minimum absolute atomic E-state index is 0.369. The predicted molar refractivity (Wildman–Crippen MR) is 54.1 cm³/mol. The number of hydrogen-bond acceptors (Lipinski definition) is 1. The lowest BCUT2D eigenvalue weighted by molar-refractivity contribution is 0.391. The lowest BCUT2D eigenvalue weighted by Gasteiger charge is -2.10. The first-order valence-corrected chi connectivity index (χ1v) is 4.77. The van der Waals surface area contributed by atoms with Crippen molar-refractivity contribution in [2.45, 2.75) is 18.8 Å². The standard InChI is InChI=1S/C11H11ClO/c12-11-4-2-1-3-10(11)8-5-6-9(13)7-8/h1-4,6,8,13H,5,7H2. The van der Waals surface area contributed by atoms with Crippen LogP contribution < -0.4 is 0 Å². The minimum Gasteiger partial charge on any atom is -0.513 e. The molecule has 1 unspecified atom stereocenters. The van der Waals surface area contributed by atoms with Crippen LogP contribution in [0.25, 0.3) is 0 Å². The van der Waals surface area contributed by atoms with E-state index >= 15 is 0 Å². The van der Waals surface area contributed by atoms with Gasteiger partial charge in [0.05, 0.1) is 5.76 Å². The number of allylic oxidation sites excluding steroid dienone is 2. The van der Waals surface area contributed by atoms with Crippen molar-refractivity contribution in [3.05, 3.63) is 46.7 Å². The van der Waals surface area contributed by atoms with Crippen LogP contribution in [0.5, 0.6) is 0 Å². The molecular weight excluding hydrogens is 184 g/mol. The van der Waals surface area contributed by atoms with Crippen LogP contribution in [-0.2, 0) is 0 Å². The Hall–Kier alpha value is -0.950. The summed E-state index contributed by atoms with van der Waals surface area (Å²) < 4.78 is 0. The Morgan fingerprint density at radius 2 is 2.08 bits per heavy atom. The second-order valence-electron chi connectivity index (χ2n) is 3.35. The van der Waals surface area contributed by atoms with E-state index < -0.39 is 0 Å². The first-order valence-electron chi connectivity index (χ1n) is 4.40. The highest BCUT2D eigenvalue weighted by molar-refractivity contribution is 6.31. The molecule has 0 saturated carbocycles. The van der Waals surface area contributed by atoms with Crippen LogP contribution in [0.3, 0.4) is 0 Å². The van der Waals surface area contributed by atoms with Crippen molar-refractivity contribution < 1.29 is 5.11 Å². The fraction of sp³-hybridized carbons (Fsp3) is 0.273. The highest BCUT2D eigenvalue weighted by Gasteiger charge is 2.19. The van der Waals surface area contributed by atoms with E-state index in [1.54, 1.807) is 0 Å². The summed E-state index contributed by atoms with van der Waals surface area (Å²) in [7, 11) is 0. The summed E-state index contributed by atoms with van der Waals surface area (Å²) in [5.41, 5.74) is 1.14. The summed E-state index contributed by atoms with van der Waals surface area (Å²) in [6, 6.07) is 7.83. The first-order chi connectivity index (χ1) is 6.27. The van der Waals surface area contributed by atoms with Gasteiger partial charge in [-0.15, -0.1) is 0 Å². The van der Waals surface area contributed by atoms with Gasteiger partial charge in [-0.2, -0.15) is 0 Å². The molecule has 68 valence electrons. The van der Waals surface area contributed by atoms with Gasteiger partial charge in [0, 0.05) is 11.4 Å². The Morgan fingerprint density at radius 1 is 1.31 bits per heavy atom. The lowest BCUT2D eigenvalue weighted by Crippen LogP contribution is -1.94. The number of rotatable bonds is 1. The molecular formula is C11H11ClO. The third-order valence-electron chi connectivity index (χ3n) is 2.44. The summed E-state index contributed by atoms with van der Waals surface area (Å²) in [6.07, 6.45) is 3.49. The molecule has 0 saturated heterocycles. The Labute approximate surface area is 82.7 Å². The smallest absolute Gasteiger partial charge is 0.0889 e. The molecule has 0 fully saturated rings. The number of hydrogen-bond donors (Lipinski definition) is 1. The SMILES string of the molecule is OC1=CCC(c2ccccc2Cl)C1. The van der Waals surface area contributed by atoms with E-state index in [2.05, 4.69) is 0 Å². The van der Waals surface area contributed by atoms with E-state index in [0.29, 0.717) is 11.7 Å². The van der Waals surface area contributed by atoms with Crippen molar-refractivity contribution in [2.24, 2.45) is 0 Å². The van der Waals surface area contributed by atoms with Gasteiger partial charge < -0.3 is 5.11 Å². The Morgan fingerprint density at radius 3 is 2.69 bits per heavy atom. The molecule has 1 atom stereocenters. The maximum absolute atomic E-state index is 9.27. The summed E-state index contributed by atoms with van der Waals surface area (Å²) in [5.74, 6) is 0.860. The van der Waals surface area contributed by atoms with Crippen LogP contribution in [-0.4, -0.2) is 5.11 Å². The quantitative estimate of drug-likeness (QED) is 0.724. The van der Waals surface area contributed by atoms with Crippen molar-refractivity contribution in [3.63, 3.8) is 0 Å². The van der Waals surface area contributed by atoms with Gasteiger partial charge in [-0.05, 0) is 30.0 Å². The van der Waals surface area contributed by atoms with Crippen LogP contribution in [0.15, 0.2) is 36.1 Å². The number of aliphatic hydroxyl groups is 1. The zero-order valence-electron chi connectivity index (χ0n) is 7.20. The van der Waals surface area contributed by atoms with Gasteiger partial charge >= 0.3 is 0 Å². The molecule has 2 heteroatoms. The Balaban J connectivity index is 2.23. The van der Waals surface area contributed by atoms with Gasteiger partial charge in [0.15, 0.2) is 0 Å². The lowest BCUT2D eigenvalue weighted by atomic mass is 9.97. The highest BCUT2D eigenvalue weighted by Crippen LogP contribution is 2.35. The van der Waals surface area contributed by atoms with Crippen LogP contribution >= 0.6 is 11.6 Å². The molecule has 2 rings (SSSR count). The average Bonchev–Trinajstić information content (AvgIpc) is 2.53. The predicted octanol–water partition coefficient (Wildman–Crippen LogP) is 3.66. The van der Waals surface area contributed by atoms with Crippen LogP contribution in [0.2, 0.25) is 5.02 Å². The van der Waals surface area contributed by atoms with E-state index in [4.69, 9.17) is 11.6 Å². The van der Waals surface area contributed by atoms with Gasteiger partial charge in [0.1, 0.15) is 0 Å². The fourth-order valence-electron chi connectivity index (χ4n) is 1.74. The van der Waals surface area contributed by atoms with Crippen molar-refractivity contribution >= 4 is 11.6 Å². The molecule has 1 aromatic carbocycles. The number of halogens is 1. The third-order valence-corrected chi connectivity index (χ3v) is 2.78. The van der Waals surface area contributed by atoms with Gasteiger partial charge in [0.25, 0.3) is 0 Å². The minimum atomic E-state index is 0.369. The first kappa shape index (κ1) is 8.64. The molecule has 0 aliphatic heterocycles. The monoisotopic (exact) mass is 194 g/mol. The molecule has 0 heterocycles. The third kappa shape index (κ3) is 1.70. The molecule has 1 nitrogen and oxygen atoms in total. The molecule has 1 N–H and O–H groups in total. The number of benzene rings is 1. The topological polar surface area (TPSA) is 20.2 Å². The van der Waals surface area contributed by atoms with Crippen molar-refractivity contribution in [1.82, 2.24) is 0 Å². The van der Waals surface area contributed by atoms with Crippen molar-refractivity contribution in [3.8, 4) is 0 Å². The molecule has 0 aromatic heterocycles. The molecule has 0 spiro atoms. The summed E-state index contributed by atoms with van der Waals surface area (Å²) in [4.78, 5) is 0. The molecule has 1 aliphatic rings. The molecule has 13 heavy (non-hydrogen) atoms. The average molecular weight is 195 g/mol. The number of aliphatic hydroxyl groups excluding tert-OH is 1. The normalized spacial score (nSPS) is 21.6. The van der Waals surface area contributed by atoms with Gasteiger partial charge in [-0.25, -0.2) is 0 Å². The zero-order chi connectivity index (χ0) is 9.26. The second kappa shape index (κ2) is 3.43. The van der Waals surface area contributed by atoms with E-state index in [0.717, 1.165) is 23.4 Å². The summed E-state index contributed by atoms with van der Waals surface area (Å²) >= 11 is 6.05. The molecule has 1 aromatic rings. The largest absolute Gasteiger partial charge is 0.513 e. The zero-order valence-corrected chi connectivity index (χ0v) is 7.96. The Kier molecular flexibility index (Phi) is 2.28. The van der Waals surface area contributed by atoms with Gasteiger partial charge in [-0.3, -0.25) is 0 Å². The second-order valence-corrected chi connectivity index (χ2v) is 3.76. The molecule has 0 radical (unpaired) electrons. The maximum atomic E-state index is 9.27. The van der Waals surface area contributed by atoms with E-state index in [1.807, 2.05) is 30.3 Å². The molecule has 0 bridgehead atoms. The van der Waals surface area contributed by atoms with Crippen LogP contribution in [0.4, 0.5) is 0 Å². The molecule has 1 aliphatic carbocycles. The summed E-state index contributed by atoms with van der Waals surface area (Å²) in [5, 5.41) is 10.1. The van der Waals surface area contributed by atoms with Crippen molar-refractivity contribution in [2.75, 3.05) is 0 Å². The van der Waals surface area contributed by atoms with E-state index in [-0.39, 0.29) is 0 Å². The van der Waals surface area contributed by atoms with Gasteiger partial charge in [-0.1, -0.05) is 29.8 Å². The van der Waals surface area contributed by atoms with E-state index in [1.165, 1.54) is 0 Å². The molecule has 0 amide bonds. The van der Waals surface area contributed by atoms with Crippen LogP contribution in [0, 0.1) is 0 Å². The fourth-order valence-corrected chi connectivity index (χ4v) is 2.03. The summed E-state index contributed by atoms with van der Waals surface area (Å²) in [6.45, 7) is 0. The highest BCUT2D eigenvalue weighted by atomic mass is 35.5. The van der Waals surface area contributed by atoms with Crippen molar-refractivity contribution in [1.29, 1.82) is 0 Å². The maximum Gasteiger partial charge on any atom is 0.0889 e. The van der Waals surface area contributed by atoms with E-state index in [9.17, 15) is 5.11 Å².